The van der Waals surface area contributed by atoms with Crippen molar-refractivity contribution in [2.24, 2.45) is 0 Å². The lowest BCUT2D eigenvalue weighted by atomic mass is 10.2. The van der Waals surface area contributed by atoms with Crippen LogP contribution >= 0.6 is 23.2 Å². The zero-order valence-electron chi connectivity index (χ0n) is 9.64. The number of halogens is 2. The average Bonchev–Trinajstić information content (AvgIpc) is 2.81. The number of rotatable bonds is 4. The molecule has 1 unspecified atom stereocenters. The van der Waals surface area contributed by atoms with Crippen LogP contribution in [0.2, 0.25) is 10.0 Å². The van der Waals surface area contributed by atoms with Gasteiger partial charge in [-0.3, -0.25) is 4.79 Å². The third kappa shape index (κ3) is 3.29. The second kappa shape index (κ2) is 5.65. The molecule has 1 aromatic heterocycles. The molecule has 2 aromatic rings. The smallest absolute Gasteiger partial charge is 0.306 e. The number of aliphatic hydroxyl groups excluding tert-OH is 1. The number of carboxylic acids is 1. The fourth-order valence-corrected chi connectivity index (χ4v) is 1.90. The van der Waals surface area contributed by atoms with E-state index in [0.29, 0.717) is 21.4 Å². The molecule has 0 aliphatic heterocycles. The van der Waals surface area contributed by atoms with Crippen LogP contribution in [0, 0.1) is 0 Å². The Morgan fingerprint density at radius 3 is 2.58 bits per heavy atom. The predicted molar refractivity (Wildman–Crippen MR) is 71.4 cm³/mol. The molecule has 0 saturated heterocycles. The molecular weight excluding hydrogens is 291 g/mol. The monoisotopic (exact) mass is 300 g/mol. The molecule has 0 amide bonds. The Morgan fingerprint density at radius 1 is 1.21 bits per heavy atom. The topological polar surface area (TPSA) is 70.7 Å². The summed E-state index contributed by atoms with van der Waals surface area (Å²) in [4.78, 5) is 10.5. The van der Waals surface area contributed by atoms with E-state index in [1.807, 2.05) is 0 Å². The summed E-state index contributed by atoms with van der Waals surface area (Å²) >= 11 is 11.7. The Kier molecular flexibility index (Phi) is 4.14. The summed E-state index contributed by atoms with van der Waals surface area (Å²) in [7, 11) is 0. The van der Waals surface area contributed by atoms with E-state index >= 15 is 0 Å². The highest BCUT2D eigenvalue weighted by atomic mass is 35.5. The van der Waals surface area contributed by atoms with E-state index in [0.717, 1.165) is 0 Å². The van der Waals surface area contributed by atoms with E-state index < -0.39 is 18.5 Å². The van der Waals surface area contributed by atoms with Gasteiger partial charge in [-0.15, -0.1) is 0 Å². The average molecular weight is 301 g/mol. The molecule has 6 heteroatoms. The van der Waals surface area contributed by atoms with Gasteiger partial charge >= 0.3 is 5.97 Å². The Hall–Kier alpha value is -1.49. The second-order valence-electron chi connectivity index (χ2n) is 3.94. The van der Waals surface area contributed by atoms with Crippen LogP contribution in [0.25, 0.3) is 11.3 Å². The van der Waals surface area contributed by atoms with Crippen LogP contribution in [0.3, 0.4) is 0 Å². The standard InChI is InChI=1S/C13H10Cl2O4/c14-8-2-1-7(5-9(8)15)11-3-4-12(19-11)10(16)6-13(17)18/h1-5,10,16H,6H2,(H,17,18). The first-order valence-electron chi connectivity index (χ1n) is 5.42. The number of aliphatic carboxylic acids is 1. The van der Waals surface area contributed by atoms with Crippen molar-refractivity contribution in [1.29, 1.82) is 0 Å². The molecule has 0 aliphatic rings. The van der Waals surface area contributed by atoms with E-state index in [1.165, 1.54) is 6.07 Å². The van der Waals surface area contributed by atoms with Crippen molar-refractivity contribution in [2.75, 3.05) is 0 Å². The first-order chi connectivity index (χ1) is 8.97. The first kappa shape index (κ1) is 13.9. The number of furan rings is 1. The summed E-state index contributed by atoms with van der Waals surface area (Å²) in [6.07, 6.45) is -1.58. The minimum absolute atomic E-state index is 0.198. The van der Waals surface area contributed by atoms with Gasteiger partial charge in [0.25, 0.3) is 0 Å². The van der Waals surface area contributed by atoms with Gasteiger partial charge in [-0.1, -0.05) is 23.2 Å². The highest BCUT2D eigenvalue weighted by Gasteiger charge is 2.16. The quantitative estimate of drug-likeness (QED) is 0.902. The maximum Gasteiger partial charge on any atom is 0.306 e. The van der Waals surface area contributed by atoms with Crippen molar-refractivity contribution < 1.29 is 19.4 Å². The molecule has 0 aliphatic carbocycles. The molecule has 1 aromatic carbocycles. The molecule has 1 heterocycles. The Morgan fingerprint density at radius 2 is 1.95 bits per heavy atom. The molecule has 0 bridgehead atoms. The SMILES string of the molecule is O=C(O)CC(O)c1ccc(-c2ccc(Cl)c(Cl)c2)o1. The van der Waals surface area contributed by atoms with Crippen molar-refractivity contribution in [3.63, 3.8) is 0 Å². The second-order valence-corrected chi connectivity index (χ2v) is 4.76. The molecule has 100 valence electrons. The molecule has 0 spiro atoms. The van der Waals surface area contributed by atoms with Crippen LogP contribution in [-0.4, -0.2) is 16.2 Å². The normalized spacial score (nSPS) is 12.4. The Balaban J connectivity index is 2.25. The van der Waals surface area contributed by atoms with Gasteiger partial charge in [-0.25, -0.2) is 0 Å². The van der Waals surface area contributed by atoms with E-state index in [1.54, 1.807) is 24.3 Å². The van der Waals surface area contributed by atoms with Gasteiger partial charge in [0.1, 0.15) is 17.6 Å². The number of carboxylic acid groups (broad SMARTS) is 1. The molecular formula is C13H10Cl2O4. The summed E-state index contributed by atoms with van der Waals surface area (Å²) in [6, 6.07) is 8.16. The third-order valence-corrected chi connectivity index (χ3v) is 3.27. The van der Waals surface area contributed by atoms with Crippen molar-refractivity contribution in [2.45, 2.75) is 12.5 Å². The van der Waals surface area contributed by atoms with Gasteiger partial charge in [0.15, 0.2) is 0 Å². The fraction of sp³-hybridized carbons (Fsp3) is 0.154. The van der Waals surface area contributed by atoms with Crippen LogP contribution in [0.4, 0.5) is 0 Å². The number of hydrogen-bond donors (Lipinski definition) is 2. The predicted octanol–water partition coefficient (Wildman–Crippen LogP) is 3.76. The van der Waals surface area contributed by atoms with E-state index in [-0.39, 0.29) is 5.76 Å². The third-order valence-electron chi connectivity index (χ3n) is 2.53. The Bertz CT molecular complexity index is 606. The lowest BCUT2D eigenvalue weighted by Crippen LogP contribution is -2.04. The molecule has 0 saturated carbocycles. The van der Waals surface area contributed by atoms with Gasteiger partial charge in [-0.05, 0) is 30.3 Å². The zero-order chi connectivity index (χ0) is 14.0. The summed E-state index contributed by atoms with van der Waals surface area (Å²) in [6.45, 7) is 0. The molecule has 1 atom stereocenters. The van der Waals surface area contributed by atoms with E-state index in [4.69, 9.17) is 32.7 Å². The van der Waals surface area contributed by atoms with Gasteiger partial charge in [0.2, 0.25) is 0 Å². The number of carbonyl (C=O) groups is 1. The van der Waals surface area contributed by atoms with Gasteiger partial charge in [0, 0.05) is 5.56 Å². The Labute approximate surface area is 119 Å². The van der Waals surface area contributed by atoms with Gasteiger partial charge < -0.3 is 14.6 Å². The van der Waals surface area contributed by atoms with Gasteiger partial charge in [0.05, 0.1) is 16.5 Å². The van der Waals surface area contributed by atoms with Crippen LogP contribution in [0.5, 0.6) is 0 Å². The van der Waals surface area contributed by atoms with Crippen molar-refractivity contribution in [3.05, 3.63) is 46.1 Å². The van der Waals surface area contributed by atoms with Crippen molar-refractivity contribution in [3.8, 4) is 11.3 Å². The molecule has 19 heavy (non-hydrogen) atoms. The maximum absolute atomic E-state index is 10.5. The largest absolute Gasteiger partial charge is 0.481 e. The van der Waals surface area contributed by atoms with Crippen LogP contribution in [0.15, 0.2) is 34.7 Å². The number of hydrogen-bond acceptors (Lipinski definition) is 3. The molecule has 4 nitrogen and oxygen atoms in total. The molecule has 0 fully saturated rings. The zero-order valence-corrected chi connectivity index (χ0v) is 11.1. The highest BCUT2D eigenvalue weighted by Crippen LogP contribution is 2.31. The highest BCUT2D eigenvalue weighted by molar-refractivity contribution is 6.42. The minimum atomic E-state index is -1.17. The van der Waals surface area contributed by atoms with Crippen LogP contribution in [-0.2, 0) is 4.79 Å². The first-order valence-corrected chi connectivity index (χ1v) is 6.18. The lowest BCUT2D eigenvalue weighted by molar-refractivity contribution is -0.139. The van der Waals surface area contributed by atoms with E-state index in [9.17, 15) is 9.90 Å². The van der Waals surface area contributed by atoms with Crippen LogP contribution in [0.1, 0.15) is 18.3 Å². The van der Waals surface area contributed by atoms with Crippen molar-refractivity contribution in [1.82, 2.24) is 0 Å². The summed E-state index contributed by atoms with van der Waals surface area (Å²) in [5.41, 5.74) is 0.697. The van der Waals surface area contributed by atoms with Crippen LogP contribution < -0.4 is 0 Å². The number of benzene rings is 1. The summed E-state index contributed by atoms with van der Waals surface area (Å²) in [5, 5.41) is 19.1. The fourth-order valence-electron chi connectivity index (χ4n) is 1.60. The van der Waals surface area contributed by atoms with Crippen molar-refractivity contribution >= 4 is 29.2 Å². The summed E-state index contributed by atoms with van der Waals surface area (Å²) < 4.78 is 5.41. The maximum atomic E-state index is 10.5. The number of aliphatic hydroxyl groups is 1. The lowest BCUT2D eigenvalue weighted by Gasteiger charge is -2.04. The van der Waals surface area contributed by atoms with E-state index in [2.05, 4.69) is 0 Å². The summed E-state index contributed by atoms with van der Waals surface area (Å²) in [5.74, 6) is -0.415. The molecule has 2 N–H and O–H groups in total. The molecule has 2 rings (SSSR count). The van der Waals surface area contributed by atoms with Gasteiger partial charge in [-0.2, -0.15) is 0 Å². The molecule has 0 radical (unpaired) electrons. The minimum Gasteiger partial charge on any atom is -0.481 e.